The number of aryl methyl sites for hydroxylation is 1. The fourth-order valence-electron chi connectivity index (χ4n) is 1.59. The second-order valence-electron chi connectivity index (χ2n) is 4.85. The van der Waals surface area contributed by atoms with E-state index in [0.717, 1.165) is 21.7 Å². The maximum absolute atomic E-state index is 5.46. The van der Waals surface area contributed by atoms with Crippen molar-refractivity contribution >= 4 is 39.3 Å². The Kier molecular flexibility index (Phi) is 4.65. The number of hydrogen-bond donors (Lipinski definition) is 2. The summed E-state index contributed by atoms with van der Waals surface area (Å²) in [6.45, 7) is 8.84. The van der Waals surface area contributed by atoms with E-state index in [4.69, 9.17) is 5.84 Å². The van der Waals surface area contributed by atoms with Crippen LogP contribution in [0.25, 0.3) is 10.2 Å². The molecule has 0 fully saturated rings. The average molecular weight is 296 g/mol. The van der Waals surface area contributed by atoms with Crippen LogP contribution in [0.15, 0.2) is 11.1 Å². The molecule has 1 atom stereocenters. The van der Waals surface area contributed by atoms with Crippen LogP contribution >= 0.6 is 23.1 Å². The second-order valence-corrected chi connectivity index (χ2v) is 7.33. The minimum atomic E-state index is 0.496. The first-order valence-corrected chi connectivity index (χ1v) is 8.18. The van der Waals surface area contributed by atoms with E-state index in [1.165, 1.54) is 4.88 Å². The van der Waals surface area contributed by atoms with Crippen molar-refractivity contribution in [1.82, 2.24) is 9.97 Å². The fraction of sp³-hybridized carbons (Fsp3) is 0.538. The number of anilines is 1. The summed E-state index contributed by atoms with van der Waals surface area (Å²) in [5.74, 6) is 6.56. The summed E-state index contributed by atoms with van der Waals surface area (Å²) in [5, 5.41) is 2.68. The molecule has 0 saturated heterocycles. The van der Waals surface area contributed by atoms with Crippen LogP contribution in [0.5, 0.6) is 0 Å². The Hall–Kier alpha value is -0.850. The Morgan fingerprint density at radius 2 is 2.11 bits per heavy atom. The number of rotatable bonds is 5. The van der Waals surface area contributed by atoms with Crippen molar-refractivity contribution in [2.24, 2.45) is 11.8 Å². The van der Waals surface area contributed by atoms with Crippen molar-refractivity contribution in [3.05, 3.63) is 10.9 Å². The van der Waals surface area contributed by atoms with Gasteiger partial charge < -0.3 is 0 Å². The van der Waals surface area contributed by atoms with Crippen molar-refractivity contribution in [3.63, 3.8) is 0 Å². The maximum Gasteiger partial charge on any atom is 0.239 e. The number of thiophene rings is 1. The summed E-state index contributed by atoms with van der Waals surface area (Å²) in [6, 6.07) is 2.20. The molecule has 0 aromatic carbocycles. The summed E-state index contributed by atoms with van der Waals surface area (Å²) >= 11 is 3.51. The summed E-state index contributed by atoms with van der Waals surface area (Å²) < 4.78 is 0. The van der Waals surface area contributed by atoms with Gasteiger partial charge in [-0.3, -0.25) is 5.43 Å². The van der Waals surface area contributed by atoms with Crippen LogP contribution in [0.4, 0.5) is 5.95 Å². The van der Waals surface area contributed by atoms with Gasteiger partial charge in [-0.1, -0.05) is 27.7 Å². The van der Waals surface area contributed by atoms with Crippen molar-refractivity contribution in [2.75, 3.05) is 5.43 Å². The first-order chi connectivity index (χ1) is 9.05. The standard InChI is InChI=1S/C13H20N4S2/c1-5-9-6-10-11(18-8(4)7(2)3)15-13(17-14)16-12(10)19-9/h6-8H,5,14H2,1-4H3,(H,15,16,17). The number of nitrogens with two attached hydrogens (primary N) is 1. The van der Waals surface area contributed by atoms with Crippen LogP contribution < -0.4 is 11.3 Å². The monoisotopic (exact) mass is 296 g/mol. The van der Waals surface area contributed by atoms with E-state index in [0.29, 0.717) is 17.1 Å². The van der Waals surface area contributed by atoms with E-state index >= 15 is 0 Å². The molecule has 0 bridgehead atoms. The van der Waals surface area contributed by atoms with E-state index in [2.05, 4.69) is 49.2 Å². The SMILES string of the molecule is CCc1cc2c(SC(C)C(C)C)nc(NN)nc2s1. The van der Waals surface area contributed by atoms with Gasteiger partial charge in [-0.2, -0.15) is 0 Å². The van der Waals surface area contributed by atoms with Gasteiger partial charge in [-0.05, 0) is 18.4 Å². The molecule has 6 heteroatoms. The van der Waals surface area contributed by atoms with Gasteiger partial charge in [0, 0.05) is 15.5 Å². The molecule has 2 rings (SSSR count). The third-order valence-corrected chi connectivity index (χ3v) is 5.75. The van der Waals surface area contributed by atoms with E-state index in [1.54, 1.807) is 23.1 Å². The maximum atomic E-state index is 5.46. The molecule has 104 valence electrons. The van der Waals surface area contributed by atoms with Gasteiger partial charge in [0.1, 0.15) is 9.86 Å². The van der Waals surface area contributed by atoms with E-state index < -0.39 is 0 Å². The zero-order valence-corrected chi connectivity index (χ0v) is 13.4. The molecule has 1 unspecified atom stereocenters. The smallest absolute Gasteiger partial charge is 0.239 e. The largest absolute Gasteiger partial charge is 0.292 e. The second kappa shape index (κ2) is 6.07. The summed E-state index contributed by atoms with van der Waals surface area (Å²) in [4.78, 5) is 11.3. The van der Waals surface area contributed by atoms with Gasteiger partial charge in [-0.15, -0.1) is 23.1 Å². The number of nitrogen functional groups attached to an aromatic ring is 1. The van der Waals surface area contributed by atoms with Crippen LogP contribution in [0, 0.1) is 5.92 Å². The highest BCUT2D eigenvalue weighted by Crippen LogP contribution is 2.35. The van der Waals surface area contributed by atoms with Gasteiger partial charge in [-0.25, -0.2) is 15.8 Å². The Morgan fingerprint density at radius 1 is 1.37 bits per heavy atom. The highest BCUT2D eigenvalue weighted by Gasteiger charge is 2.16. The summed E-state index contributed by atoms with van der Waals surface area (Å²) in [7, 11) is 0. The third kappa shape index (κ3) is 3.19. The van der Waals surface area contributed by atoms with Gasteiger partial charge in [0.05, 0.1) is 0 Å². The van der Waals surface area contributed by atoms with E-state index in [-0.39, 0.29) is 0 Å². The quantitative estimate of drug-likeness (QED) is 0.381. The number of nitrogens with one attached hydrogen (secondary N) is 1. The molecule has 19 heavy (non-hydrogen) atoms. The number of thioether (sulfide) groups is 1. The molecule has 0 aliphatic carbocycles. The Labute approximate surface area is 122 Å². The zero-order chi connectivity index (χ0) is 14.0. The Bertz CT molecular complexity index is 565. The van der Waals surface area contributed by atoms with Crippen LogP contribution in [-0.4, -0.2) is 15.2 Å². The molecule has 3 N–H and O–H groups in total. The topological polar surface area (TPSA) is 63.8 Å². The number of nitrogens with zero attached hydrogens (tertiary/aromatic N) is 2. The summed E-state index contributed by atoms with van der Waals surface area (Å²) in [5.41, 5.74) is 2.56. The minimum absolute atomic E-state index is 0.496. The molecule has 0 aliphatic rings. The molecule has 4 nitrogen and oxygen atoms in total. The lowest BCUT2D eigenvalue weighted by Crippen LogP contribution is -2.11. The van der Waals surface area contributed by atoms with Gasteiger partial charge in [0.2, 0.25) is 5.95 Å². The number of aromatic nitrogens is 2. The van der Waals surface area contributed by atoms with Crippen molar-refractivity contribution in [1.29, 1.82) is 0 Å². The average Bonchev–Trinajstić information content (AvgIpc) is 2.81. The number of hydrogen-bond acceptors (Lipinski definition) is 6. The fourth-order valence-corrected chi connectivity index (χ4v) is 3.66. The predicted octanol–water partition coefficient (Wildman–Crippen LogP) is 3.68. The lowest BCUT2D eigenvalue weighted by molar-refractivity contribution is 0.642. The molecular weight excluding hydrogens is 276 g/mol. The molecular formula is C13H20N4S2. The molecule has 0 spiro atoms. The van der Waals surface area contributed by atoms with Crippen LogP contribution in [0.1, 0.15) is 32.6 Å². The third-order valence-electron chi connectivity index (χ3n) is 3.12. The van der Waals surface area contributed by atoms with Gasteiger partial charge in [0.25, 0.3) is 0 Å². The van der Waals surface area contributed by atoms with Gasteiger partial charge in [0.15, 0.2) is 0 Å². The van der Waals surface area contributed by atoms with Crippen LogP contribution in [0.2, 0.25) is 0 Å². The first-order valence-electron chi connectivity index (χ1n) is 6.48. The molecule has 2 aromatic heterocycles. The zero-order valence-electron chi connectivity index (χ0n) is 11.7. The highest BCUT2D eigenvalue weighted by molar-refractivity contribution is 8.00. The Balaban J connectivity index is 2.47. The molecule has 0 amide bonds. The van der Waals surface area contributed by atoms with E-state index in [1.807, 2.05) is 0 Å². The highest BCUT2D eigenvalue weighted by atomic mass is 32.2. The van der Waals surface area contributed by atoms with Crippen molar-refractivity contribution in [2.45, 2.75) is 44.4 Å². The first kappa shape index (κ1) is 14.6. The molecule has 2 aromatic rings. The van der Waals surface area contributed by atoms with Crippen LogP contribution in [-0.2, 0) is 6.42 Å². The number of hydrazine groups is 1. The molecule has 2 heterocycles. The van der Waals surface area contributed by atoms with Crippen molar-refractivity contribution in [3.8, 4) is 0 Å². The lowest BCUT2D eigenvalue weighted by Gasteiger charge is -2.15. The van der Waals surface area contributed by atoms with Crippen LogP contribution in [0.3, 0.4) is 0 Å². The minimum Gasteiger partial charge on any atom is -0.292 e. The summed E-state index contributed by atoms with van der Waals surface area (Å²) in [6.07, 6.45) is 1.02. The Morgan fingerprint density at radius 3 is 2.68 bits per heavy atom. The van der Waals surface area contributed by atoms with Gasteiger partial charge >= 0.3 is 0 Å². The number of fused-ring (bicyclic) bond motifs is 1. The van der Waals surface area contributed by atoms with Crippen molar-refractivity contribution < 1.29 is 0 Å². The predicted molar refractivity (Wildman–Crippen MR) is 84.8 cm³/mol. The molecule has 0 radical (unpaired) electrons. The molecule has 0 saturated carbocycles. The normalized spacial score (nSPS) is 13.2. The molecule has 0 aliphatic heterocycles. The lowest BCUT2D eigenvalue weighted by atomic mass is 10.2. The van der Waals surface area contributed by atoms with E-state index in [9.17, 15) is 0 Å².